The average molecular weight is 615 g/mol. The minimum atomic E-state index is -0.894. The molecule has 1 aromatic carbocycles. The highest BCUT2D eigenvalue weighted by atomic mass is 32.1. The molecule has 226 valence electrons. The zero-order chi connectivity index (χ0) is 30.1. The van der Waals surface area contributed by atoms with E-state index in [1.54, 1.807) is 21.6 Å². The first-order chi connectivity index (χ1) is 20.8. The number of carbonyl (C=O) groups is 1. The number of rotatable bonds is 10. The van der Waals surface area contributed by atoms with Crippen molar-refractivity contribution in [2.45, 2.75) is 6.54 Å². The Morgan fingerprint density at radius 2 is 1.93 bits per heavy atom. The molecule has 4 aromatic heterocycles. The third-order valence-electron chi connectivity index (χ3n) is 7.04. The maximum Gasteiger partial charge on any atom is 0.309 e. The Morgan fingerprint density at radius 1 is 1.12 bits per heavy atom. The van der Waals surface area contributed by atoms with Crippen molar-refractivity contribution >= 4 is 44.9 Å². The SMILES string of the molecule is NCCNC(=O)COc1cc(N2CCN(CCn3c(=O)sc4c3nc(N)n3nc(-c5ccco5)nc43)CC2)c(F)cc1F. The van der Waals surface area contributed by atoms with Crippen LogP contribution in [0.5, 0.6) is 5.75 Å². The molecule has 1 aliphatic heterocycles. The molecule has 5 N–H and O–H groups in total. The van der Waals surface area contributed by atoms with Crippen LogP contribution in [0.1, 0.15) is 0 Å². The Kier molecular flexibility index (Phi) is 7.92. The molecule has 0 atom stereocenters. The van der Waals surface area contributed by atoms with Crippen molar-refractivity contribution < 1.29 is 22.7 Å². The number of carbonyl (C=O) groups excluding carboxylic acids is 1. The van der Waals surface area contributed by atoms with E-state index >= 15 is 0 Å². The predicted molar refractivity (Wildman–Crippen MR) is 155 cm³/mol. The van der Waals surface area contributed by atoms with Crippen molar-refractivity contribution in [3.05, 3.63) is 51.8 Å². The highest BCUT2D eigenvalue weighted by molar-refractivity contribution is 7.17. The third kappa shape index (κ3) is 5.73. The van der Waals surface area contributed by atoms with Gasteiger partial charge in [0.25, 0.3) is 5.91 Å². The summed E-state index contributed by atoms with van der Waals surface area (Å²) in [5.41, 5.74) is 12.5. The van der Waals surface area contributed by atoms with E-state index in [-0.39, 0.29) is 35.3 Å². The molecule has 0 unspecified atom stereocenters. The van der Waals surface area contributed by atoms with Crippen LogP contribution >= 0.6 is 11.3 Å². The van der Waals surface area contributed by atoms with Gasteiger partial charge in [-0.05, 0) is 12.1 Å². The van der Waals surface area contributed by atoms with Crippen LogP contribution in [-0.4, -0.2) is 87.4 Å². The fourth-order valence-electron chi connectivity index (χ4n) is 4.87. The van der Waals surface area contributed by atoms with Crippen LogP contribution < -0.4 is 31.3 Å². The molecular formula is C26H28F2N10O4S. The number of thiazole rings is 1. The van der Waals surface area contributed by atoms with Crippen LogP contribution in [0.25, 0.3) is 27.6 Å². The lowest BCUT2D eigenvalue weighted by molar-refractivity contribution is -0.123. The van der Waals surface area contributed by atoms with Crippen LogP contribution in [0.3, 0.4) is 0 Å². The lowest BCUT2D eigenvalue weighted by Crippen LogP contribution is -2.47. The van der Waals surface area contributed by atoms with Gasteiger partial charge in [-0.15, -0.1) is 5.10 Å². The number of nitrogens with zero attached hydrogens (tertiary/aromatic N) is 7. The van der Waals surface area contributed by atoms with Gasteiger partial charge in [0, 0.05) is 64.5 Å². The Hall–Kier alpha value is -4.61. The number of ether oxygens (including phenoxy) is 1. The molecule has 1 amide bonds. The fraction of sp³-hybridized carbons (Fsp3) is 0.346. The maximum absolute atomic E-state index is 14.7. The molecule has 0 bridgehead atoms. The van der Waals surface area contributed by atoms with Gasteiger partial charge < -0.3 is 30.8 Å². The number of hydrogen-bond acceptors (Lipinski definition) is 12. The van der Waals surface area contributed by atoms with Gasteiger partial charge in [0.05, 0.1) is 12.0 Å². The zero-order valence-electron chi connectivity index (χ0n) is 22.8. The van der Waals surface area contributed by atoms with E-state index < -0.39 is 24.1 Å². The monoisotopic (exact) mass is 614 g/mol. The van der Waals surface area contributed by atoms with E-state index in [1.807, 2.05) is 0 Å². The van der Waals surface area contributed by atoms with Gasteiger partial charge in [0.2, 0.25) is 11.8 Å². The number of benzene rings is 1. The molecule has 1 aliphatic rings. The molecule has 0 radical (unpaired) electrons. The topological polar surface area (TPSA) is 175 Å². The molecular weight excluding hydrogens is 586 g/mol. The number of amides is 1. The summed E-state index contributed by atoms with van der Waals surface area (Å²) in [4.78, 5) is 37.5. The van der Waals surface area contributed by atoms with Gasteiger partial charge in [-0.1, -0.05) is 11.3 Å². The summed E-state index contributed by atoms with van der Waals surface area (Å²) in [7, 11) is 0. The number of furan rings is 1. The smallest absolute Gasteiger partial charge is 0.309 e. The summed E-state index contributed by atoms with van der Waals surface area (Å²) in [5.74, 6) is -1.39. The highest BCUT2D eigenvalue weighted by Gasteiger charge is 2.24. The molecule has 17 heteroatoms. The Balaban J connectivity index is 1.12. The Bertz CT molecular complexity index is 1830. The first-order valence-electron chi connectivity index (χ1n) is 13.5. The number of hydrogen-bond donors (Lipinski definition) is 3. The van der Waals surface area contributed by atoms with Crippen molar-refractivity contribution in [1.29, 1.82) is 0 Å². The van der Waals surface area contributed by atoms with E-state index in [1.165, 1.54) is 16.8 Å². The molecule has 43 heavy (non-hydrogen) atoms. The second kappa shape index (κ2) is 11.9. The van der Waals surface area contributed by atoms with E-state index in [4.69, 9.17) is 20.6 Å². The van der Waals surface area contributed by atoms with Crippen LogP contribution in [0, 0.1) is 11.6 Å². The largest absolute Gasteiger partial charge is 0.481 e. The van der Waals surface area contributed by atoms with E-state index in [9.17, 15) is 18.4 Å². The number of nitrogens with one attached hydrogen (secondary N) is 1. The number of fused-ring (bicyclic) bond motifs is 3. The van der Waals surface area contributed by atoms with Crippen molar-refractivity contribution in [3.63, 3.8) is 0 Å². The molecule has 1 saturated heterocycles. The molecule has 0 saturated carbocycles. The number of aromatic nitrogens is 5. The summed E-state index contributed by atoms with van der Waals surface area (Å²) in [6.45, 7) is 3.07. The summed E-state index contributed by atoms with van der Waals surface area (Å²) < 4.78 is 43.2. The molecule has 1 fully saturated rings. The van der Waals surface area contributed by atoms with Crippen LogP contribution in [0.4, 0.5) is 20.4 Å². The maximum atomic E-state index is 14.7. The highest BCUT2D eigenvalue weighted by Crippen LogP contribution is 2.29. The zero-order valence-corrected chi connectivity index (χ0v) is 23.6. The first-order valence-corrected chi connectivity index (χ1v) is 14.3. The fourth-order valence-corrected chi connectivity index (χ4v) is 5.80. The summed E-state index contributed by atoms with van der Waals surface area (Å²) >= 11 is 1.02. The van der Waals surface area contributed by atoms with E-state index in [2.05, 4.69) is 25.3 Å². The summed E-state index contributed by atoms with van der Waals surface area (Å²) in [5, 5.41) is 6.90. The van der Waals surface area contributed by atoms with Gasteiger partial charge in [-0.3, -0.25) is 19.1 Å². The molecule has 14 nitrogen and oxygen atoms in total. The van der Waals surface area contributed by atoms with Gasteiger partial charge in [0.1, 0.15) is 10.5 Å². The summed E-state index contributed by atoms with van der Waals surface area (Å²) in [6.07, 6.45) is 1.52. The second-order valence-corrected chi connectivity index (χ2v) is 10.7. The van der Waals surface area contributed by atoms with Gasteiger partial charge >= 0.3 is 4.87 Å². The lowest BCUT2D eigenvalue weighted by atomic mass is 10.2. The first kappa shape index (κ1) is 28.5. The average Bonchev–Trinajstić information content (AvgIpc) is 3.74. The van der Waals surface area contributed by atoms with Crippen LogP contribution in [0.15, 0.2) is 39.7 Å². The van der Waals surface area contributed by atoms with E-state index in [0.717, 1.165) is 17.4 Å². The number of halogens is 2. The van der Waals surface area contributed by atoms with Crippen LogP contribution in [-0.2, 0) is 11.3 Å². The van der Waals surface area contributed by atoms with Gasteiger partial charge in [-0.25, -0.2) is 13.8 Å². The Labute approximate surface area is 246 Å². The Morgan fingerprint density at radius 3 is 2.67 bits per heavy atom. The van der Waals surface area contributed by atoms with Gasteiger partial charge in [0.15, 0.2) is 35.2 Å². The van der Waals surface area contributed by atoms with Crippen LogP contribution in [0.2, 0.25) is 0 Å². The lowest BCUT2D eigenvalue weighted by Gasteiger charge is -2.36. The number of nitrogens with two attached hydrogens (primary N) is 2. The minimum Gasteiger partial charge on any atom is -0.481 e. The number of anilines is 2. The van der Waals surface area contributed by atoms with Crippen molar-refractivity contribution in [3.8, 4) is 17.3 Å². The molecule has 0 aliphatic carbocycles. The second-order valence-electron chi connectivity index (χ2n) is 9.78. The quantitative estimate of drug-likeness (QED) is 0.204. The third-order valence-corrected chi connectivity index (χ3v) is 8.00. The predicted octanol–water partition coefficient (Wildman–Crippen LogP) is 0.897. The standard InChI is InChI=1S/C26H28F2N10O4S/c27-15-12-16(28)19(42-14-20(39)31-4-3-29)13-17(15)36-8-5-35(6-9-36)7-10-37-23-21(43-26(37)40)24-32-22(18-2-1-11-41-18)34-38(24)25(30)33-23/h1-2,11-13H,3-10,14,29H2,(H2,30,33)(H,31,39). The van der Waals surface area contributed by atoms with Crippen molar-refractivity contribution in [2.24, 2.45) is 5.73 Å². The van der Waals surface area contributed by atoms with Crippen molar-refractivity contribution in [1.82, 2.24) is 34.4 Å². The van der Waals surface area contributed by atoms with Crippen molar-refractivity contribution in [2.75, 3.05) is 63.1 Å². The van der Waals surface area contributed by atoms with E-state index in [0.29, 0.717) is 66.8 Å². The molecule has 0 spiro atoms. The summed E-state index contributed by atoms with van der Waals surface area (Å²) in [6, 6.07) is 5.48. The minimum absolute atomic E-state index is 0.0915. The normalized spacial score (nSPS) is 14.2. The molecule has 5 heterocycles. The number of nitrogen functional groups attached to an aromatic ring is 1. The molecule has 5 aromatic rings. The number of piperazine rings is 1. The van der Waals surface area contributed by atoms with Gasteiger partial charge in [-0.2, -0.15) is 9.50 Å². The molecule has 6 rings (SSSR count).